The van der Waals surface area contributed by atoms with Gasteiger partial charge in [0.05, 0.1) is 11.8 Å². The van der Waals surface area contributed by atoms with Crippen molar-refractivity contribution in [2.45, 2.75) is 25.4 Å². The second-order valence-electron chi connectivity index (χ2n) is 6.52. The second-order valence-corrected chi connectivity index (χ2v) is 6.52. The molecule has 3 heteroatoms. The third kappa shape index (κ3) is 3.13. The van der Waals surface area contributed by atoms with Gasteiger partial charge in [-0.1, -0.05) is 30.3 Å². The minimum Gasteiger partial charge on any atom is -0.386 e. The van der Waals surface area contributed by atoms with Crippen LogP contribution in [0.2, 0.25) is 0 Å². The van der Waals surface area contributed by atoms with Gasteiger partial charge in [0, 0.05) is 31.4 Å². The molecule has 1 aliphatic carbocycles. The molecule has 0 saturated carbocycles. The van der Waals surface area contributed by atoms with Gasteiger partial charge in [-0.3, -0.25) is 4.98 Å². The highest BCUT2D eigenvalue weighted by molar-refractivity contribution is 5.37. The largest absolute Gasteiger partial charge is 0.386 e. The smallest absolute Gasteiger partial charge is 0.0999 e. The molecular weight excluding hydrogens is 296 g/mol. The topological polar surface area (TPSA) is 36.4 Å². The molecule has 0 spiro atoms. The van der Waals surface area contributed by atoms with E-state index in [0.717, 1.165) is 31.6 Å². The molecule has 4 rings (SSSR count). The predicted molar refractivity (Wildman–Crippen MR) is 95.5 cm³/mol. The Morgan fingerprint density at radius 3 is 2.62 bits per heavy atom. The van der Waals surface area contributed by atoms with Crippen LogP contribution in [0.3, 0.4) is 0 Å². The highest BCUT2D eigenvalue weighted by Crippen LogP contribution is 2.24. The molecule has 1 aromatic heterocycles. The molecule has 1 aromatic carbocycles. The fourth-order valence-corrected chi connectivity index (χ4v) is 3.46. The van der Waals surface area contributed by atoms with E-state index in [1.54, 1.807) is 6.20 Å². The number of rotatable bonds is 4. The summed E-state index contributed by atoms with van der Waals surface area (Å²) < 4.78 is 0. The summed E-state index contributed by atoms with van der Waals surface area (Å²) >= 11 is 0. The van der Waals surface area contributed by atoms with E-state index in [9.17, 15) is 5.11 Å². The lowest BCUT2D eigenvalue weighted by atomic mass is 9.97. The van der Waals surface area contributed by atoms with Gasteiger partial charge >= 0.3 is 0 Å². The Kier molecular flexibility index (Phi) is 4.18. The van der Waals surface area contributed by atoms with Crippen LogP contribution in [-0.4, -0.2) is 28.1 Å². The van der Waals surface area contributed by atoms with Crippen molar-refractivity contribution in [2.24, 2.45) is 0 Å². The van der Waals surface area contributed by atoms with Crippen LogP contribution < -0.4 is 0 Å². The predicted octanol–water partition coefficient (Wildman–Crippen LogP) is 3.21. The number of allylic oxidation sites excluding steroid dienone is 3. The van der Waals surface area contributed by atoms with Crippen LogP contribution in [0.1, 0.15) is 28.5 Å². The lowest BCUT2D eigenvalue weighted by molar-refractivity contribution is 0.173. The molecule has 2 heterocycles. The Bertz CT molecular complexity index is 780. The maximum absolute atomic E-state index is 10.4. The fourth-order valence-electron chi connectivity index (χ4n) is 3.46. The van der Waals surface area contributed by atoms with E-state index in [1.165, 1.54) is 22.4 Å². The molecule has 24 heavy (non-hydrogen) atoms. The van der Waals surface area contributed by atoms with Gasteiger partial charge in [-0.15, -0.1) is 0 Å². The number of aliphatic hydroxyl groups is 1. The molecule has 3 nitrogen and oxygen atoms in total. The lowest BCUT2D eigenvalue weighted by Crippen LogP contribution is -2.26. The standard InChI is InChI=1S/C21H22N2O/c24-21(20-6-1-2-11-22-20)15-16-7-8-17-9-12-23(19-4-3-5-19)13-10-18(17)14-16/h1-8,11,14,21,24H,9-10,12-13,15H2. The quantitative estimate of drug-likeness (QED) is 0.940. The zero-order valence-corrected chi connectivity index (χ0v) is 13.7. The summed E-state index contributed by atoms with van der Waals surface area (Å²) in [5.74, 6) is 0. The van der Waals surface area contributed by atoms with Crippen molar-refractivity contribution >= 4 is 0 Å². The van der Waals surface area contributed by atoms with Crippen LogP contribution in [-0.2, 0) is 19.3 Å². The van der Waals surface area contributed by atoms with Crippen molar-refractivity contribution in [1.29, 1.82) is 0 Å². The second kappa shape index (κ2) is 6.62. The number of benzene rings is 1. The molecular formula is C21H22N2O. The first kappa shape index (κ1) is 15.2. The molecule has 122 valence electrons. The average molecular weight is 318 g/mol. The Labute approximate surface area is 143 Å². The van der Waals surface area contributed by atoms with Gasteiger partial charge in [0.1, 0.15) is 0 Å². The molecule has 1 aliphatic heterocycles. The molecule has 1 N–H and O–H groups in total. The summed E-state index contributed by atoms with van der Waals surface area (Å²) in [5.41, 5.74) is 6.14. The minimum atomic E-state index is -0.545. The molecule has 0 amide bonds. The third-order valence-electron chi connectivity index (χ3n) is 4.93. The van der Waals surface area contributed by atoms with Crippen molar-refractivity contribution < 1.29 is 5.11 Å². The highest BCUT2D eigenvalue weighted by Gasteiger charge is 2.17. The Morgan fingerprint density at radius 2 is 1.92 bits per heavy atom. The number of aromatic nitrogens is 1. The van der Waals surface area contributed by atoms with Gasteiger partial charge in [-0.2, -0.15) is 0 Å². The van der Waals surface area contributed by atoms with Crippen molar-refractivity contribution in [2.75, 3.05) is 13.1 Å². The summed E-state index contributed by atoms with van der Waals surface area (Å²) in [5, 5.41) is 10.4. The molecule has 1 unspecified atom stereocenters. The van der Waals surface area contributed by atoms with Crippen molar-refractivity contribution in [1.82, 2.24) is 9.88 Å². The van der Waals surface area contributed by atoms with Gasteiger partial charge in [-0.05, 0) is 53.8 Å². The number of aliphatic hydroxyl groups excluding tert-OH is 1. The lowest BCUT2D eigenvalue weighted by Gasteiger charge is -2.26. The molecule has 0 radical (unpaired) electrons. The summed E-state index contributed by atoms with van der Waals surface area (Å²) in [7, 11) is 0. The number of pyridine rings is 1. The molecule has 2 aromatic rings. The van der Waals surface area contributed by atoms with Crippen LogP contribution >= 0.6 is 0 Å². The van der Waals surface area contributed by atoms with Crippen LogP contribution in [0.15, 0.2) is 66.5 Å². The first-order valence-corrected chi connectivity index (χ1v) is 8.62. The third-order valence-corrected chi connectivity index (χ3v) is 4.93. The SMILES string of the molecule is OC(Cc1ccc2c(c1)CCN(C1=CC=C1)CC2)c1ccccn1. The first-order chi connectivity index (χ1) is 11.8. The Balaban J connectivity index is 1.47. The van der Waals surface area contributed by atoms with Crippen LogP contribution in [0.4, 0.5) is 0 Å². The molecule has 0 fully saturated rings. The van der Waals surface area contributed by atoms with Gasteiger partial charge < -0.3 is 10.0 Å². The van der Waals surface area contributed by atoms with E-state index in [4.69, 9.17) is 0 Å². The molecule has 0 saturated heterocycles. The maximum atomic E-state index is 10.4. The summed E-state index contributed by atoms with van der Waals surface area (Å²) in [6, 6.07) is 12.3. The number of hydrogen-bond donors (Lipinski definition) is 1. The summed E-state index contributed by atoms with van der Waals surface area (Å²) in [6.45, 7) is 2.15. The average Bonchev–Trinajstić information content (AvgIpc) is 2.77. The fraction of sp³-hybridized carbons (Fsp3) is 0.286. The van der Waals surface area contributed by atoms with E-state index in [0.29, 0.717) is 6.42 Å². The van der Waals surface area contributed by atoms with Crippen LogP contribution in [0, 0.1) is 0 Å². The van der Waals surface area contributed by atoms with E-state index >= 15 is 0 Å². The van der Waals surface area contributed by atoms with Crippen molar-refractivity contribution in [3.8, 4) is 0 Å². The zero-order chi connectivity index (χ0) is 16.4. The normalized spacial score (nSPS) is 17.5. The van der Waals surface area contributed by atoms with Gasteiger partial charge in [0.25, 0.3) is 0 Å². The minimum absolute atomic E-state index is 0.545. The monoisotopic (exact) mass is 318 g/mol. The van der Waals surface area contributed by atoms with Crippen LogP contribution in [0.25, 0.3) is 0 Å². The summed E-state index contributed by atoms with van der Waals surface area (Å²) in [4.78, 5) is 6.71. The number of fused-ring (bicyclic) bond motifs is 1. The molecule has 0 bridgehead atoms. The van der Waals surface area contributed by atoms with Crippen molar-refractivity contribution in [3.63, 3.8) is 0 Å². The molecule has 1 atom stereocenters. The number of nitrogens with zero attached hydrogens (tertiary/aromatic N) is 2. The van der Waals surface area contributed by atoms with E-state index in [2.05, 4.69) is 46.3 Å². The Hall–Kier alpha value is -2.39. The van der Waals surface area contributed by atoms with E-state index in [1.807, 2.05) is 18.2 Å². The van der Waals surface area contributed by atoms with E-state index < -0.39 is 6.10 Å². The van der Waals surface area contributed by atoms with Gasteiger partial charge in [0.15, 0.2) is 0 Å². The Morgan fingerprint density at radius 1 is 1.08 bits per heavy atom. The summed E-state index contributed by atoms with van der Waals surface area (Å²) in [6.07, 6.45) is 10.4. The highest BCUT2D eigenvalue weighted by atomic mass is 16.3. The first-order valence-electron chi connectivity index (χ1n) is 8.62. The van der Waals surface area contributed by atoms with E-state index in [-0.39, 0.29) is 0 Å². The molecule has 2 aliphatic rings. The van der Waals surface area contributed by atoms with Gasteiger partial charge in [0.2, 0.25) is 0 Å². The van der Waals surface area contributed by atoms with Gasteiger partial charge in [-0.25, -0.2) is 0 Å². The maximum Gasteiger partial charge on any atom is 0.0999 e. The van der Waals surface area contributed by atoms with Crippen molar-refractivity contribution in [3.05, 3.63) is 88.9 Å². The number of hydrogen-bond acceptors (Lipinski definition) is 3. The zero-order valence-electron chi connectivity index (χ0n) is 13.7. The van der Waals surface area contributed by atoms with Crippen LogP contribution in [0.5, 0.6) is 0 Å².